The third-order valence-corrected chi connectivity index (χ3v) is 13.4. The molecule has 0 aliphatic carbocycles. The van der Waals surface area contributed by atoms with Crippen molar-refractivity contribution in [3.63, 3.8) is 0 Å². The molecule has 0 unspecified atom stereocenters. The molecule has 11 aromatic rings. The number of halogens is 3. The van der Waals surface area contributed by atoms with Crippen molar-refractivity contribution < 1.29 is 41.2 Å². The van der Waals surface area contributed by atoms with Crippen LogP contribution in [-0.2, 0) is 11.2 Å². The molecule has 3 N–H and O–H groups in total. The van der Waals surface area contributed by atoms with Gasteiger partial charge in [0.05, 0.1) is 36.6 Å². The minimum Gasteiger partial charge on any atom is -0.495 e. The van der Waals surface area contributed by atoms with Gasteiger partial charge in [-0.2, -0.15) is 0 Å². The molecule has 15 nitrogen and oxygen atoms in total. The van der Waals surface area contributed by atoms with Crippen LogP contribution in [0.2, 0.25) is 0 Å². The van der Waals surface area contributed by atoms with Gasteiger partial charge in [-0.3, -0.25) is 14.9 Å². The lowest BCUT2D eigenvalue weighted by molar-refractivity contribution is -0.385. The molecule has 4 heterocycles. The van der Waals surface area contributed by atoms with Crippen molar-refractivity contribution in [2.24, 2.45) is 0 Å². The van der Waals surface area contributed by atoms with Crippen molar-refractivity contribution in [1.82, 2.24) is 20.2 Å². The largest absolute Gasteiger partial charge is 0.495 e. The van der Waals surface area contributed by atoms with E-state index < -0.39 is 4.92 Å². The maximum absolute atomic E-state index is 12.8. The standard InChI is InChI=1S/C19H20N2O4.C15H11FN2S.C15H14N2O2.C14H8F2N2O/c1-14-12-16(4-7-18(14)21(23)24)19(22)13-15-2-5-17(6-3-15)20-8-10-25-11-9-20;16-12-6-8-13(9-7-12)17-15-18-14(10-19-15)11-4-2-1-3-5-11;1-9-3-5-14-12(7-9)17-15(19-14)10-4-6-13(18-2)11(16)8-10;15-11-5-1-9(2-6-11)13-17-18-14(19-13)10-3-7-12(16)8-4-10/h2-7,12H,8-11,13H2,1H3;1-10H,(H,17,18);3-8H,16H2,1-2H3;1-8H. The minimum atomic E-state index is -0.437. The second-order valence-electron chi connectivity index (χ2n) is 18.5. The van der Waals surface area contributed by atoms with Gasteiger partial charge in [-0.05, 0) is 152 Å². The fourth-order valence-corrected chi connectivity index (χ4v) is 9.11. The van der Waals surface area contributed by atoms with Crippen LogP contribution >= 0.6 is 11.3 Å². The lowest BCUT2D eigenvalue weighted by atomic mass is 10.0. The Morgan fingerprint density at radius 1 is 0.695 bits per heavy atom. The Balaban J connectivity index is 0.000000133. The number of nitro benzene ring substituents is 1. The van der Waals surface area contributed by atoms with E-state index >= 15 is 0 Å². The Labute approximate surface area is 473 Å². The van der Waals surface area contributed by atoms with Gasteiger partial charge < -0.3 is 34.3 Å². The van der Waals surface area contributed by atoms with Gasteiger partial charge in [0.1, 0.15) is 28.7 Å². The molecule has 0 bridgehead atoms. The SMILES string of the molecule is COc1ccc(-c2nc3cc(C)ccc3o2)cc1N.Cc1cc(C(=O)Cc2ccc(N3CCOCC3)cc2)ccc1[N+](=O)[O-].Fc1ccc(-c2nnc(-c3ccc(F)cc3)o2)cc1.Fc1ccc(Nc2nc(-c3ccccc3)cs2)cc1. The molecule has 0 radical (unpaired) electrons. The predicted molar refractivity (Wildman–Crippen MR) is 313 cm³/mol. The summed E-state index contributed by atoms with van der Waals surface area (Å²) in [5.74, 6) is 0.847. The summed E-state index contributed by atoms with van der Waals surface area (Å²) in [6, 6.07) is 51.6. The number of nitrogens with one attached hydrogen (secondary N) is 1. The molecule has 8 aromatic carbocycles. The van der Waals surface area contributed by atoms with Crippen LogP contribution in [0.5, 0.6) is 5.75 Å². The average Bonchev–Trinajstić information content (AvgIpc) is 4.31. The Morgan fingerprint density at radius 3 is 1.91 bits per heavy atom. The number of ether oxygens (including phenoxy) is 2. The number of nitrogens with zero attached hydrogens (tertiary/aromatic N) is 6. The minimum absolute atomic E-state index is 0.0337. The first-order valence-corrected chi connectivity index (χ1v) is 26.5. The lowest BCUT2D eigenvalue weighted by Gasteiger charge is -2.28. The fourth-order valence-electron chi connectivity index (χ4n) is 8.37. The molecule has 1 saturated heterocycles. The van der Waals surface area contributed by atoms with Crippen LogP contribution < -0.4 is 20.7 Å². The molecule has 0 saturated carbocycles. The van der Waals surface area contributed by atoms with Crippen molar-refractivity contribution in [1.29, 1.82) is 0 Å². The van der Waals surface area contributed by atoms with Crippen molar-refractivity contribution in [3.8, 4) is 51.4 Å². The number of nitro groups is 1. The van der Waals surface area contributed by atoms with Gasteiger partial charge >= 0.3 is 0 Å². The number of thiazole rings is 1. The van der Waals surface area contributed by atoms with Crippen molar-refractivity contribution in [2.45, 2.75) is 20.3 Å². The number of nitrogens with two attached hydrogens (primary N) is 1. The lowest BCUT2D eigenvalue weighted by Crippen LogP contribution is -2.36. The van der Waals surface area contributed by atoms with E-state index in [1.54, 1.807) is 62.6 Å². The molecule has 12 rings (SSSR count). The van der Waals surface area contributed by atoms with Gasteiger partial charge in [-0.25, -0.2) is 23.1 Å². The molecule has 0 amide bonds. The number of fused-ring (bicyclic) bond motifs is 1. The number of morpholine rings is 1. The van der Waals surface area contributed by atoms with Gasteiger partial charge in [-0.1, -0.05) is 48.5 Å². The number of ketones is 1. The van der Waals surface area contributed by atoms with E-state index in [1.807, 2.05) is 97.2 Å². The highest BCUT2D eigenvalue weighted by atomic mass is 32.1. The number of rotatable bonds is 12. The molecule has 0 spiro atoms. The van der Waals surface area contributed by atoms with Crippen LogP contribution in [-0.4, -0.2) is 64.3 Å². The van der Waals surface area contributed by atoms with E-state index in [-0.39, 0.29) is 35.3 Å². The quantitative estimate of drug-likeness (QED) is 0.0507. The number of nitrogen functional groups attached to an aromatic ring is 1. The highest BCUT2D eigenvalue weighted by molar-refractivity contribution is 7.14. The van der Waals surface area contributed by atoms with Gasteiger partial charge in [0.15, 0.2) is 16.5 Å². The number of carbonyl (C=O) groups excluding carboxylic acids is 1. The van der Waals surface area contributed by atoms with Crippen LogP contribution in [0.3, 0.4) is 0 Å². The number of oxazole rings is 1. The van der Waals surface area contributed by atoms with Gasteiger partial charge in [0.2, 0.25) is 17.7 Å². The van der Waals surface area contributed by atoms with E-state index in [2.05, 4.69) is 30.4 Å². The first-order valence-electron chi connectivity index (χ1n) is 25.6. The molecule has 3 aromatic heterocycles. The summed E-state index contributed by atoms with van der Waals surface area (Å²) < 4.78 is 60.1. The summed E-state index contributed by atoms with van der Waals surface area (Å²) in [5, 5.41) is 24.6. The van der Waals surface area contributed by atoms with Crippen LogP contribution in [0.4, 0.5) is 41.1 Å². The average molecular weight is 1120 g/mol. The first-order chi connectivity index (χ1) is 39.7. The summed E-state index contributed by atoms with van der Waals surface area (Å²) in [7, 11) is 1.59. The van der Waals surface area contributed by atoms with E-state index in [9.17, 15) is 28.1 Å². The zero-order valence-corrected chi connectivity index (χ0v) is 45.4. The van der Waals surface area contributed by atoms with E-state index in [0.29, 0.717) is 51.4 Å². The molecule has 82 heavy (non-hydrogen) atoms. The predicted octanol–water partition coefficient (Wildman–Crippen LogP) is 14.9. The molecule has 1 fully saturated rings. The van der Waals surface area contributed by atoms with Crippen molar-refractivity contribution >= 4 is 56.1 Å². The van der Waals surface area contributed by atoms with E-state index in [0.717, 1.165) is 81.9 Å². The Kier molecular flexibility index (Phi) is 18.5. The number of aryl methyl sites for hydroxylation is 2. The van der Waals surface area contributed by atoms with Crippen LogP contribution in [0.15, 0.2) is 196 Å². The molecule has 0 atom stereocenters. The zero-order valence-electron chi connectivity index (χ0n) is 44.6. The number of hydrogen-bond acceptors (Lipinski definition) is 15. The third-order valence-electron chi connectivity index (χ3n) is 12.7. The number of carbonyl (C=O) groups is 1. The number of aromatic nitrogens is 4. The Morgan fingerprint density at radius 2 is 1.32 bits per heavy atom. The highest BCUT2D eigenvalue weighted by Crippen LogP contribution is 2.32. The van der Waals surface area contributed by atoms with Crippen molar-refractivity contribution in [3.05, 3.63) is 237 Å². The van der Waals surface area contributed by atoms with Crippen LogP contribution in [0, 0.1) is 41.4 Å². The molecule has 19 heteroatoms. The first kappa shape index (κ1) is 56.7. The summed E-state index contributed by atoms with van der Waals surface area (Å²) in [6.07, 6.45) is 0.278. The summed E-state index contributed by atoms with van der Waals surface area (Å²) in [5.41, 5.74) is 17.3. The third kappa shape index (κ3) is 15.0. The Bertz CT molecular complexity index is 3850. The smallest absolute Gasteiger partial charge is 0.272 e. The molecule has 414 valence electrons. The number of methoxy groups -OCH3 is 1. The number of hydrogen-bond donors (Lipinski definition) is 2. The fraction of sp³-hybridized carbons (Fsp3) is 0.127. The highest BCUT2D eigenvalue weighted by Gasteiger charge is 2.17. The molecular weight excluding hydrogens is 1070 g/mol. The van der Waals surface area contributed by atoms with Gasteiger partial charge in [-0.15, -0.1) is 21.5 Å². The molecule has 1 aliphatic heterocycles. The van der Waals surface area contributed by atoms with Crippen LogP contribution in [0.1, 0.15) is 27.0 Å². The zero-order chi connectivity index (χ0) is 57.5. The number of benzene rings is 8. The maximum atomic E-state index is 12.8. The van der Waals surface area contributed by atoms with Gasteiger partial charge in [0.25, 0.3) is 5.69 Å². The number of Topliss-reactive ketones (excluding diaryl/α,β-unsaturated/α-hetero) is 1. The summed E-state index contributed by atoms with van der Waals surface area (Å²) in [4.78, 5) is 34.1. The van der Waals surface area contributed by atoms with E-state index in [4.69, 9.17) is 24.0 Å². The monoisotopic (exact) mass is 1120 g/mol. The second kappa shape index (κ2) is 26.8. The molecule has 1 aliphatic rings. The Hall–Kier alpha value is -9.98. The molecular formula is C63H53F3N8O7S. The van der Waals surface area contributed by atoms with E-state index in [1.165, 1.54) is 59.9 Å². The van der Waals surface area contributed by atoms with Crippen LogP contribution in [0.25, 0.3) is 56.7 Å². The summed E-state index contributed by atoms with van der Waals surface area (Å²) in [6.45, 7) is 6.89. The number of anilines is 4. The van der Waals surface area contributed by atoms with Gasteiger partial charge in [0, 0.05) is 75.7 Å². The second-order valence-corrected chi connectivity index (χ2v) is 19.4. The van der Waals surface area contributed by atoms with Crippen molar-refractivity contribution in [2.75, 3.05) is 49.4 Å². The maximum Gasteiger partial charge on any atom is 0.272 e. The topological polar surface area (TPSA) is 198 Å². The normalized spacial score (nSPS) is 11.8. The summed E-state index contributed by atoms with van der Waals surface area (Å²) >= 11 is 1.53.